The molecule has 4 heterocycles. The topological polar surface area (TPSA) is 87.6 Å². The average Bonchev–Trinajstić information content (AvgIpc) is 3.46. The van der Waals surface area contributed by atoms with Crippen molar-refractivity contribution in [2.75, 3.05) is 38.5 Å². The minimum atomic E-state index is -0.247. The van der Waals surface area contributed by atoms with E-state index in [4.69, 9.17) is 8.94 Å². The van der Waals surface area contributed by atoms with Crippen LogP contribution in [0.4, 0.5) is 5.69 Å². The van der Waals surface area contributed by atoms with Crippen molar-refractivity contribution in [1.82, 2.24) is 19.9 Å². The Hall–Kier alpha value is -3.49. The van der Waals surface area contributed by atoms with Gasteiger partial charge in [-0.25, -0.2) is 4.98 Å². The number of aromatic nitrogens is 2. The summed E-state index contributed by atoms with van der Waals surface area (Å²) in [4.78, 5) is 22.4. The van der Waals surface area contributed by atoms with E-state index in [1.807, 2.05) is 12.1 Å². The van der Waals surface area contributed by atoms with Crippen LogP contribution >= 0.6 is 0 Å². The molecule has 1 aromatic carbocycles. The first kappa shape index (κ1) is 20.4. The van der Waals surface area contributed by atoms with Gasteiger partial charge in [0.1, 0.15) is 5.69 Å². The van der Waals surface area contributed by atoms with Crippen LogP contribution in [0.2, 0.25) is 0 Å². The van der Waals surface area contributed by atoms with Gasteiger partial charge < -0.3 is 19.2 Å². The van der Waals surface area contributed by atoms with Gasteiger partial charge in [-0.15, -0.1) is 0 Å². The monoisotopic (exact) mass is 431 g/mol. The average molecular weight is 431 g/mol. The van der Waals surface area contributed by atoms with Gasteiger partial charge in [-0.3, -0.25) is 9.69 Å². The first-order valence-corrected chi connectivity index (χ1v) is 10.7. The Labute approximate surface area is 185 Å². The van der Waals surface area contributed by atoms with Gasteiger partial charge in [-0.2, -0.15) is 0 Å². The molecular weight excluding hydrogens is 406 g/mol. The second kappa shape index (κ2) is 8.57. The van der Waals surface area contributed by atoms with Crippen molar-refractivity contribution in [1.29, 1.82) is 0 Å². The molecule has 0 bridgehead atoms. The molecule has 8 nitrogen and oxygen atoms in total. The minimum absolute atomic E-state index is 0.247. The third-order valence-electron chi connectivity index (χ3n) is 5.85. The van der Waals surface area contributed by atoms with Gasteiger partial charge in [0.25, 0.3) is 11.6 Å². The zero-order chi connectivity index (χ0) is 22.1. The maximum absolute atomic E-state index is 13.2. The summed E-state index contributed by atoms with van der Waals surface area (Å²) in [6.07, 6.45) is 1.57. The number of pyridine rings is 1. The molecule has 0 saturated carbocycles. The van der Waals surface area contributed by atoms with Crippen LogP contribution in [0.25, 0.3) is 22.6 Å². The quantitative estimate of drug-likeness (QED) is 0.514. The molecule has 5 rings (SSSR count). The van der Waals surface area contributed by atoms with E-state index >= 15 is 0 Å². The fourth-order valence-corrected chi connectivity index (χ4v) is 3.98. The van der Waals surface area contributed by atoms with Crippen LogP contribution in [0.1, 0.15) is 21.6 Å². The number of carbonyl (C=O) groups excluding carboxylic acids is 1. The van der Waals surface area contributed by atoms with Crippen LogP contribution in [0, 0.1) is 6.92 Å². The number of likely N-dealkylation sites (N-methyl/N-ethyl adjacent to an activating group) is 1. The molecule has 164 valence electrons. The van der Waals surface area contributed by atoms with Crippen LogP contribution in [0.5, 0.6) is 0 Å². The highest BCUT2D eigenvalue weighted by atomic mass is 16.5. The Morgan fingerprint density at radius 3 is 2.62 bits per heavy atom. The molecule has 1 aliphatic heterocycles. The number of nitrogens with one attached hydrogen (secondary N) is 1. The highest BCUT2D eigenvalue weighted by Gasteiger charge is 2.20. The lowest BCUT2D eigenvalue weighted by molar-refractivity contribution is 0.102. The molecule has 32 heavy (non-hydrogen) atoms. The fraction of sp³-hybridized carbons (Fsp3) is 0.292. The van der Waals surface area contributed by atoms with Crippen LogP contribution in [0.3, 0.4) is 0 Å². The number of rotatable bonds is 5. The second-order valence-electron chi connectivity index (χ2n) is 8.21. The second-order valence-corrected chi connectivity index (χ2v) is 8.21. The Morgan fingerprint density at radius 1 is 1.12 bits per heavy atom. The fourth-order valence-electron chi connectivity index (χ4n) is 3.98. The van der Waals surface area contributed by atoms with Gasteiger partial charge in [0, 0.05) is 38.4 Å². The molecule has 0 unspecified atom stereocenters. The van der Waals surface area contributed by atoms with Gasteiger partial charge in [0.2, 0.25) is 0 Å². The summed E-state index contributed by atoms with van der Waals surface area (Å²) in [5, 5.41) is 7.58. The smallest absolute Gasteiger partial charge is 0.259 e. The Bertz CT molecular complexity index is 1220. The number of amides is 1. The van der Waals surface area contributed by atoms with E-state index in [0.717, 1.165) is 38.4 Å². The van der Waals surface area contributed by atoms with Crippen LogP contribution in [-0.4, -0.2) is 59.1 Å². The summed E-state index contributed by atoms with van der Waals surface area (Å²) in [5.74, 6) is 0.312. The number of benzene rings is 1. The lowest BCUT2D eigenvalue weighted by Gasteiger charge is -2.32. The molecular formula is C24H25N5O3. The maximum Gasteiger partial charge on any atom is 0.259 e. The number of nitrogens with zero attached hydrogens (tertiary/aromatic N) is 4. The summed E-state index contributed by atoms with van der Waals surface area (Å²) < 4.78 is 10.8. The van der Waals surface area contributed by atoms with Crippen molar-refractivity contribution in [3.63, 3.8) is 0 Å². The van der Waals surface area contributed by atoms with Crippen LogP contribution < -0.4 is 5.32 Å². The molecule has 1 N–H and O–H groups in total. The van der Waals surface area contributed by atoms with Gasteiger partial charge in [-0.05, 0) is 49.9 Å². The molecule has 8 heteroatoms. The van der Waals surface area contributed by atoms with Crippen molar-refractivity contribution in [3.05, 3.63) is 65.5 Å². The number of hydrogen-bond donors (Lipinski definition) is 1. The molecule has 0 atom stereocenters. The third kappa shape index (κ3) is 4.15. The normalized spacial score (nSPS) is 15.3. The number of piperazine rings is 1. The summed E-state index contributed by atoms with van der Waals surface area (Å²) in [5.41, 5.74) is 3.85. The molecule has 4 aromatic rings. The minimum Gasteiger partial charge on any atom is -0.463 e. The van der Waals surface area contributed by atoms with Crippen molar-refractivity contribution >= 4 is 22.7 Å². The molecule has 0 aliphatic carbocycles. The zero-order valence-corrected chi connectivity index (χ0v) is 18.2. The maximum atomic E-state index is 13.2. The Balaban J connectivity index is 1.35. The molecule has 1 aliphatic rings. The summed E-state index contributed by atoms with van der Waals surface area (Å²) in [6, 6.07) is 13.3. The van der Waals surface area contributed by atoms with Crippen molar-refractivity contribution < 1.29 is 13.7 Å². The van der Waals surface area contributed by atoms with Gasteiger partial charge >= 0.3 is 0 Å². The van der Waals surface area contributed by atoms with E-state index in [1.54, 1.807) is 31.4 Å². The van der Waals surface area contributed by atoms with Gasteiger partial charge in [-0.1, -0.05) is 17.3 Å². The predicted octanol–water partition coefficient (Wildman–Crippen LogP) is 3.79. The predicted molar refractivity (Wildman–Crippen MR) is 121 cm³/mol. The van der Waals surface area contributed by atoms with E-state index < -0.39 is 0 Å². The lowest BCUT2D eigenvalue weighted by Crippen LogP contribution is -2.43. The van der Waals surface area contributed by atoms with Gasteiger partial charge in [0.15, 0.2) is 5.76 Å². The van der Waals surface area contributed by atoms with E-state index in [2.05, 4.69) is 44.4 Å². The van der Waals surface area contributed by atoms with Crippen LogP contribution in [-0.2, 0) is 6.54 Å². The highest BCUT2D eigenvalue weighted by molar-refractivity contribution is 6.12. The van der Waals surface area contributed by atoms with E-state index in [-0.39, 0.29) is 5.91 Å². The molecule has 1 fully saturated rings. The standard InChI is InChI=1S/C24H25N5O3/c1-16-22-19(14-20(21-4-3-13-31-21)26-24(22)32-27-16)23(30)25-18-7-5-17(6-8-18)15-29-11-9-28(2)10-12-29/h3-8,13-14H,9-12,15H2,1-2H3,(H,25,30). The van der Waals surface area contributed by atoms with Crippen molar-refractivity contribution in [3.8, 4) is 11.5 Å². The number of hydrogen-bond acceptors (Lipinski definition) is 7. The van der Waals surface area contributed by atoms with E-state index in [9.17, 15) is 4.79 Å². The Morgan fingerprint density at radius 2 is 1.91 bits per heavy atom. The molecule has 3 aromatic heterocycles. The summed E-state index contributed by atoms with van der Waals surface area (Å²) in [6.45, 7) is 7.04. The number of anilines is 1. The van der Waals surface area contributed by atoms with E-state index in [0.29, 0.717) is 33.8 Å². The van der Waals surface area contributed by atoms with Gasteiger partial charge in [0.05, 0.1) is 22.9 Å². The lowest BCUT2D eigenvalue weighted by atomic mass is 10.1. The summed E-state index contributed by atoms with van der Waals surface area (Å²) >= 11 is 0. The Kier molecular flexibility index (Phi) is 5.46. The number of aryl methyl sites for hydroxylation is 1. The van der Waals surface area contributed by atoms with Crippen molar-refractivity contribution in [2.45, 2.75) is 13.5 Å². The highest BCUT2D eigenvalue weighted by Crippen LogP contribution is 2.28. The number of carbonyl (C=O) groups is 1. The molecule has 0 radical (unpaired) electrons. The third-order valence-corrected chi connectivity index (χ3v) is 5.85. The largest absolute Gasteiger partial charge is 0.463 e. The van der Waals surface area contributed by atoms with Crippen LogP contribution in [0.15, 0.2) is 57.7 Å². The SMILES string of the molecule is Cc1noc2nc(-c3ccco3)cc(C(=O)Nc3ccc(CN4CCN(C)CC4)cc3)c12. The molecule has 1 saturated heterocycles. The number of furan rings is 1. The first-order chi connectivity index (χ1) is 15.6. The number of fused-ring (bicyclic) bond motifs is 1. The zero-order valence-electron chi connectivity index (χ0n) is 18.2. The first-order valence-electron chi connectivity index (χ1n) is 10.7. The molecule has 0 spiro atoms. The summed E-state index contributed by atoms with van der Waals surface area (Å²) in [7, 11) is 2.16. The molecule has 1 amide bonds. The van der Waals surface area contributed by atoms with Crippen molar-refractivity contribution in [2.24, 2.45) is 0 Å². The van der Waals surface area contributed by atoms with E-state index in [1.165, 1.54) is 5.56 Å².